The zero-order valence-corrected chi connectivity index (χ0v) is 32.1. The molecular formula is C56H36N2O. The van der Waals surface area contributed by atoms with Crippen molar-refractivity contribution < 1.29 is 4.42 Å². The lowest BCUT2D eigenvalue weighted by Crippen LogP contribution is -2.09. The Labute approximate surface area is 341 Å². The van der Waals surface area contributed by atoms with E-state index in [1.54, 1.807) is 0 Å². The van der Waals surface area contributed by atoms with Gasteiger partial charge in [0.1, 0.15) is 11.2 Å². The van der Waals surface area contributed by atoms with Crippen LogP contribution in [0.3, 0.4) is 0 Å². The molecule has 3 nitrogen and oxygen atoms in total. The van der Waals surface area contributed by atoms with Crippen LogP contribution in [0.1, 0.15) is 0 Å². The minimum absolute atomic E-state index is 0.869. The second kappa shape index (κ2) is 13.4. The third-order valence-corrected chi connectivity index (χ3v) is 12.0. The van der Waals surface area contributed by atoms with Crippen LogP contribution < -0.4 is 4.90 Å². The molecule has 0 aliphatic heterocycles. The fourth-order valence-electron chi connectivity index (χ4n) is 9.08. The highest BCUT2D eigenvalue weighted by molar-refractivity contribution is 6.19. The van der Waals surface area contributed by atoms with Crippen molar-refractivity contribution in [3.8, 4) is 27.9 Å². The van der Waals surface area contributed by atoms with Crippen molar-refractivity contribution in [1.29, 1.82) is 0 Å². The first-order valence-electron chi connectivity index (χ1n) is 20.2. The lowest BCUT2D eigenvalue weighted by atomic mass is 10.0. The summed E-state index contributed by atoms with van der Waals surface area (Å²) < 4.78 is 8.83. The molecule has 2 aromatic heterocycles. The third kappa shape index (κ3) is 5.51. The molecule has 0 radical (unpaired) electrons. The van der Waals surface area contributed by atoms with Crippen LogP contribution in [0.25, 0.3) is 93.2 Å². The number of fused-ring (bicyclic) bond motifs is 9. The van der Waals surface area contributed by atoms with E-state index in [2.05, 4.69) is 216 Å². The van der Waals surface area contributed by atoms with Gasteiger partial charge in [-0.15, -0.1) is 0 Å². The molecule has 12 aromatic rings. The SMILES string of the molecule is c1ccc(-n2c3cc(-c4ccc(N(c5ccc(-c6ccc7ccccc7c6)cc5)c5ccc6c(c5)oc5ccccc56)cc4)ccc3c3ccc4ccccc4c32)cc1. The van der Waals surface area contributed by atoms with Gasteiger partial charge in [-0.3, -0.25) is 0 Å². The lowest BCUT2D eigenvalue weighted by Gasteiger charge is -2.26. The average molecular weight is 753 g/mol. The highest BCUT2D eigenvalue weighted by Crippen LogP contribution is 2.42. The molecule has 3 heteroatoms. The predicted octanol–water partition coefficient (Wildman–Crippen LogP) is 15.8. The molecule has 0 N–H and O–H groups in total. The van der Waals surface area contributed by atoms with Gasteiger partial charge in [0.2, 0.25) is 0 Å². The van der Waals surface area contributed by atoms with Crippen molar-refractivity contribution in [2.45, 2.75) is 0 Å². The minimum Gasteiger partial charge on any atom is -0.456 e. The van der Waals surface area contributed by atoms with E-state index in [0.29, 0.717) is 0 Å². The standard InChI is InChI=1S/C56H36N2O/c1-2-13-44(14-3-1)58-53-35-43(25-31-49(53)52-32-24-40-11-6-7-15-48(40)56(52)58)39-22-28-46(29-23-39)57(47-30-33-51-50-16-8-9-17-54(50)59-55(51)36-47)45-26-20-38(21-27-45)42-19-18-37-10-4-5-12-41(37)34-42/h1-36H. The van der Waals surface area contributed by atoms with Gasteiger partial charge in [0.25, 0.3) is 0 Å². The van der Waals surface area contributed by atoms with Gasteiger partial charge in [0, 0.05) is 55.7 Å². The second-order valence-electron chi connectivity index (χ2n) is 15.4. The Morgan fingerprint density at radius 2 is 0.864 bits per heavy atom. The molecule has 10 aromatic carbocycles. The molecule has 0 saturated carbocycles. The van der Waals surface area contributed by atoms with Crippen LogP contribution in [-0.4, -0.2) is 4.57 Å². The van der Waals surface area contributed by atoms with E-state index >= 15 is 0 Å². The van der Waals surface area contributed by atoms with Crippen LogP contribution in [0.15, 0.2) is 223 Å². The van der Waals surface area contributed by atoms with Crippen LogP contribution in [0, 0.1) is 0 Å². The molecule has 0 aliphatic carbocycles. The molecule has 0 bridgehead atoms. The molecular weight excluding hydrogens is 717 g/mol. The first-order chi connectivity index (χ1) is 29.2. The Balaban J connectivity index is 0.973. The number of hydrogen-bond acceptors (Lipinski definition) is 2. The fraction of sp³-hybridized carbons (Fsp3) is 0. The van der Waals surface area contributed by atoms with Gasteiger partial charge < -0.3 is 13.9 Å². The Morgan fingerprint density at radius 3 is 1.64 bits per heavy atom. The Morgan fingerprint density at radius 1 is 0.322 bits per heavy atom. The quantitative estimate of drug-likeness (QED) is 0.169. The molecule has 0 atom stereocenters. The first-order valence-corrected chi connectivity index (χ1v) is 20.2. The maximum atomic E-state index is 6.40. The topological polar surface area (TPSA) is 21.3 Å². The smallest absolute Gasteiger partial charge is 0.137 e. The van der Waals surface area contributed by atoms with Crippen molar-refractivity contribution in [2.24, 2.45) is 0 Å². The highest BCUT2D eigenvalue weighted by atomic mass is 16.3. The number of anilines is 3. The van der Waals surface area contributed by atoms with E-state index in [9.17, 15) is 0 Å². The minimum atomic E-state index is 0.869. The van der Waals surface area contributed by atoms with Gasteiger partial charge in [-0.1, -0.05) is 146 Å². The molecule has 0 fully saturated rings. The summed E-state index contributed by atoms with van der Waals surface area (Å²) in [6.45, 7) is 0. The van der Waals surface area contributed by atoms with E-state index in [1.165, 1.54) is 60.0 Å². The number of hydrogen-bond donors (Lipinski definition) is 0. The summed E-state index contributed by atoms with van der Waals surface area (Å²) in [6, 6.07) is 78.7. The summed E-state index contributed by atoms with van der Waals surface area (Å²) in [6.07, 6.45) is 0. The number of para-hydroxylation sites is 2. The molecule has 59 heavy (non-hydrogen) atoms. The van der Waals surface area contributed by atoms with E-state index in [0.717, 1.165) is 50.3 Å². The van der Waals surface area contributed by atoms with Crippen molar-refractivity contribution >= 4 is 82.4 Å². The van der Waals surface area contributed by atoms with Gasteiger partial charge >= 0.3 is 0 Å². The molecule has 12 rings (SSSR count). The maximum Gasteiger partial charge on any atom is 0.137 e. The van der Waals surface area contributed by atoms with Crippen LogP contribution >= 0.6 is 0 Å². The van der Waals surface area contributed by atoms with Gasteiger partial charge in [0.05, 0.1) is 11.0 Å². The zero-order chi connectivity index (χ0) is 38.9. The van der Waals surface area contributed by atoms with E-state index < -0.39 is 0 Å². The van der Waals surface area contributed by atoms with Crippen LogP contribution in [0.5, 0.6) is 0 Å². The van der Waals surface area contributed by atoms with Gasteiger partial charge in [0.15, 0.2) is 0 Å². The molecule has 0 unspecified atom stereocenters. The third-order valence-electron chi connectivity index (χ3n) is 12.0. The van der Waals surface area contributed by atoms with E-state index in [1.807, 2.05) is 12.1 Å². The van der Waals surface area contributed by atoms with E-state index in [4.69, 9.17) is 4.42 Å². The monoisotopic (exact) mass is 752 g/mol. The summed E-state index contributed by atoms with van der Waals surface area (Å²) in [5.74, 6) is 0. The van der Waals surface area contributed by atoms with Crippen LogP contribution in [0.2, 0.25) is 0 Å². The van der Waals surface area contributed by atoms with Gasteiger partial charge in [-0.05, 0) is 105 Å². The largest absolute Gasteiger partial charge is 0.456 e. The fourth-order valence-corrected chi connectivity index (χ4v) is 9.08. The summed E-state index contributed by atoms with van der Waals surface area (Å²) in [5.41, 5.74) is 13.2. The number of benzene rings is 10. The van der Waals surface area contributed by atoms with Crippen molar-refractivity contribution in [3.63, 3.8) is 0 Å². The summed E-state index contributed by atoms with van der Waals surface area (Å²) in [5, 5.41) is 9.72. The van der Waals surface area contributed by atoms with Crippen molar-refractivity contribution in [2.75, 3.05) is 4.90 Å². The summed E-state index contributed by atoms with van der Waals surface area (Å²) in [7, 11) is 0. The molecule has 0 amide bonds. The molecule has 276 valence electrons. The summed E-state index contributed by atoms with van der Waals surface area (Å²) in [4.78, 5) is 2.32. The average Bonchev–Trinajstić information content (AvgIpc) is 3.85. The van der Waals surface area contributed by atoms with Gasteiger partial charge in [-0.2, -0.15) is 0 Å². The Bertz CT molecular complexity index is 3540. The Hall–Kier alpha value is -7.88. The molecule has 0 spiro atoms. The molecule has 0 saturated heterocycles. The first kappa shape index (κ1) is 33.3. The molecule has 2 heterocycles. The second-order valence-corrected chi connectivity index (χ2v) is 15.4. The zero-order valence-electron chi connectivity index (χ0n) is 32.1. The predicted molar refractivity (Wildman–Crippen MR) is 249 cm³/mol. The van der Waals surface area contributed by atoms with E-state index in [-0.39, 0.29) is 0 Å². The number of furan rings is 1. The number of rotatable bonds is 6. The lowest BCUT2D eigenvalue weighted by molar-refractivity contribution is 0.669. The maximum absolute atomic E-state index is 6.40. The molecule has 0 aliphatic rings. The van der Waals surface area contributed by atoms with Crippen molar-refractivity contribution in [3.05, 3.63) is 218 Å². The van der Waals surface area contributed by atoms with Gasteiger partial charge in [-0.25, -0.2) is 0 Å². The van der Waals surface area contributed by atoms with Crippen molar-refractivity contribution in [1.82, 2.24) is 4.57 Å². The normalized spacial score (nSPS) is 11.7. The number of nitrogens with zero attached hydrogens (tertiary/aromatic N) is 2. The number of aromatic nitrogens is 1. The van der Waals surface area contributed by atoms with Crippen LogP contribution in [-0.2, 0) is 0 Å². The highest BCUT2D eigenvalue weighted by Gasteiger charge is 2.18. The summed E-state index contributed by atoms with van der Waals surface area (Å²) >= 11 is 0. The van der Waals surface area contributed by atoms with Crippen LogP contribution in [0.4, 0.5) is 17.1 Å². The Kier molecular flexibility index (Phi) is 7.54.